The Balaban J connectivity index is 6.74. The maximum Gasteiger partial charge on any atom is 0.502 e. The van der Waals surface area contributed by atoms with Crippen LogP contribution >= 0.6 is 62.6 Å². The van der Waals surface area contributed by atoms with E-state index in [4.69, 9.17) is 39.1 Å². The molecule has 0 radical (unpaired) electrons. The number of hydroxylamine groups is 4. The molecule has 0 saturated heterocycles. The monoisotopic (exact) mass is 820 g/mol. The van der Waals surface area contributed by atoms with Crippen LogP contribution in [0.1, 0.15) is 0 Å². The van der Waals surface area contributed by atoms with E-state index in [-0.39, 0.29) is 0 Å². The average Bonchev–Trinajstić information content (AvgIpc) is 2.77. The molecule has 4 unspecified atom stereocenters. The second kappa shape index (κ2) is 17.1. The van der Waals surface area contributed by atoms with Crippen molar-refractivity contribution in [2.45, 2.75) is 0 Å². The van der Waals surface area contributed by atoms with E-state index in [2.05, 4.69) is 53.8 Å². The molecule has 0 spiro atoms. The van der Waals surface area contributed by atoms with Gasteiger partial charge in [0.05, 0.1) is 13.1 Å². The van der Waals surface area contributed by atoms with E-state index in [1.165, 1.54) is 0 Å². The summed E-state index contributed by atoms with van der Waals surface area (Å²) < 4.78 is 144. The van der Waals surface area contributed by atoms with Gasteiger partial charge in [-0.2, -0.15) is 35.7 Å². The van der Waals surface area contributed by atoms with Crippen molar-refractivity contribution in [1.29, 1.82) is 0 Å². The maximum absolute atomic E-state index is 12.6. The molecule has 0 saturated carbocycles. The van der Waals surface area contributed by atoms with Gasteiger partial charge < -0.3 is 39.1 Å². The fraction of sp³-hybridized carbons (Fsp3) is 1.00. The van der Waals surface area contributed by atoms with Gasteiger partial charge in [-0.15, -0.1) is 0 Å². The molecule has 0 bridgehead atoms. The summed E-state index contributed by atoms with van der Waals surface area (Å²) in [5.41, 5.74) is 0. The first-order valence-corrected chi connectivity index (χ1v) is 21.4. The average molecular weight is 820 g/mol. The maximum atomic E-state index is 12.6. The minimum absolute atomic E-state index is 0.428. The zero-order valence-electron chi connectivity index (χ0n) is 21.6. The molecule has 30 nitrogen and oxygen atoms in total. The van der Waals surface area contributed by atoms with Crippen molar-refractivity contribution in [2.24, 2.45) is 0 Å². The first kappa shape index (κ1) is 45.0. The summed E-state index contributed by atoms with van der Waals surface area (Å²) in [6.45, 7) is -3.09. The molecule has 0 amide bonds. The van der Waals surface area contributed by atoms with Crippen LogP contribution in [0.4, 0.5) is 0 Å². The zero-order valence-corrected chi connectivity index (χ0v) is 28.8. The van der Waals surface area contributed by atoms with Gasteiger partial charge >= 0.3 is 62.6 Å². The van der Waals surface area contributed by atoms with Crippen LogP contribution in [0.15, 0.2) is 0 Å². The minimum atomic E-state index is -5.79. The first-order chi connectivity index (χ1) is 19.4. The lowest BCUT2D eigenvalue weighted by Gasteiger charge is -2.29. The third-order valence-electron chi connectivity index (χ3n) is 2.95. The highest BCUT2D eigenvalue weighted by molar-refractivity contribution is 7.62. The molecule has 38 heteroatoms. The lowest BCUT2D eigenvalue weighted by atomic mass is 10.7. The van der Waals surface area contributed by atoms with E-state index >= 15 is 0 Å². The molecule has 0 rings (SSSR count). The molecule has 0 aromatic carbocycles. The number of nitrogens with zero attached hydrogens (tertiary/aromatic N) is 2. The summed E-state index contributed by atoms with van der Waals surface area (Å²) in [6, 6.07) is 0. The van der Waals surface area contributed by atoms with Crippen LogP contribution < -0.4 is 0 Å². The predicted molar refractivity (Wildman–Crippen MR) is 129 cm³/mol. The van der Waals surface area contributed by atoms with Crippen LogP contribution in [0.25, 0.3) is 0 Å². The van der Waals surface area contributed by atoms with Gasteiger partial charge in [-0.3, -0.25) is 18.1 Å². The molecule has 4 atom stereocenters. The molecule has 0 aliphatic rings. The van der Waals surface area contributed by atoms with E-state index in [0.29, 0.717) is 28.4 Å². The van der Waals surface area contributed by atoms with Gasteiger partial charge in [0.2, 0.25) is 0 Å². The number of phosphoric acid groups is 8. The third kappa shape index (κ3) is 19.7. The summed E-state index contributed by atoms with van der Waals surface area (Å²) in [7, 11) is -44.0. The van der Waals surface area contributed by atoms with Crippen LogP contribution in [-0.2, 0) is 90.4 Å². The lowest BCUT2D eigenvalue weighted by Crippen LogP contribution is -2.34. The Morgan fingerprint density at radius 3 is 0.659 bits per heavy atom. The number of rotatable bonds is 23. The van der Waals surface area contributed by atoms with Crippen molar-refractivity contribution in [1.82, 2.24) is 10.5 Å². The molecule has 266 valence electrons. The Morgan fingerprint density at radius 2 is 0.545 bits per heavy atom. The van der Waals surface area contributed by atoms with Crippen molar-refractivity contribution in [3.63, 3.8) is 0 Å². The van der Waals surface area contributed by atoms with E-state index < -0.39 is 86.1 Å². The summed E-state index contributed by atoms with van der Waals surface area (Å²) in [5, 5.41) is -1.19. The molecule has 0 aliphatic heterocycles. The summed E-state index contributed by atoms with van der Waals surface area (Å²) in [5.74, 6) is 0. The van der Waals surface area contributed by atoms with Gasteiger partial charge in [-0.1, -0.05) is 0 Å². The van der Waals surface area contributed by atoms with Crippen LogP contribution in [0.5, 0.6) is 0 Å². The van der Waals surface area contributed by atoms with E-state index in [1.807, 2.05) is 0 Å². The standard InChI is InChI=1S/C6H24N2O28P8/c1-25-41(21,33-37(9,10)11)29-7(30-42(22,26-2)34-38(12,13)14)5-6-8(31-43(23,27-3)35-39(15,16)17)32-44(24,28-4)36-40(18,19)20/h5-6H2,1-4H3,(H2,9,10,11)(H2,12,13,14)(H2,15,16,17)(H2,18,19,20). The summed E-state index contributed by atoms with van der Waals surface area (Å²) >= 11 is 0. The van der Waals surface area contributed by atoms with Gasteiger partial charge in [-0.05, 0) is 10.5 Å². The Morgan fingerprint density at radius 1 is 0.386 bits per heavy atom. The molecular weight excluding hydrogens is 796 g/mol. The third-order valence-corrected chi connectivity index (χ3v) is 12.9. The van der Waals surface area contributed by atoms with Gasteiger partial charge in [0.15, 0.2) is 0 Å². The molecule has 8 N–H and O–H groups in total. The van der Waals surface area contributed by atoms with Gasteiger partial charge in [-0.25, -0.2) is 36.5 Å². The molecule has 0 fully saturated rings. The topological polar surface area (TPSA) is 416 Å². The fourth-order valence-electron chi connectivity index (χ4n) is 1.65. The van der Waals surface area contributed by atoms with Crippen molar-refractivity contribution >= 4 is 62.6 Å². The lowest BCUT2D eigenvalue weighted by molar-refractivity contribution is -0.313. The van der Waals surface area contributed by atoms with Crippen molar-refractivity contribution in [2.75, 3.05) is 41.5 Å². The van der Waals surface area contributed by atoms with E-state index in [0.717, 1.165) is 0 Å². The number of hydrogen-bond donors (Lipinski definition) is 8. The Labute approximate surface area is 244 Å². The van der Waals surface area contributed by atoms with Crippen molar-refractivity contribution in [3.8, 4) is 0 Å². The Kier molecular flexibility index (Phi) is 17.4. The van der Waals surface area contributed by atoms with Gasteiger partial charge in [0, 0.05) is 28.4 Å². The number of hydrogen-bond acceptors (Lipinski definition) is 22. The van der Waals surface area contributed by atoms with Crippen LogP contribution in [0, 0.1) is 0 Å². The molecule has 0 aromatic rings. The van der Waals surface area contributed by atoms with E-state index in [9.17, 15) is 36.5 Å². The van der Waals surface area contributed by atoms with E-state index in [1.54, 1.807) is 0 Å². The highest BCUT2D eigenvalue weighted by Crippen LogP contribution is 2.66. The SMILES string of the molecule is COP(=O)(ON(CCN(OP(=O)(OC)OP(=O)(O)O)OP(=O)(OC)OP(=O)(O)O)OP(=O)(OC)OP(=O)(O)O)OP(=O)(O)O. The quantitative estimate of drug-likeness (QED) is 0.0521. The largest absolute Gasteiger partial charge is 0.502 e. The van der Waals surface area contributed by atoms with Crippen molar-refractivity contribution < 1.29 is 130 Å². The highest BCUT2D eigenvalue weighted by atomic mass is 31.3. The minimum Gasteiger partial charge on any atom is -0.302 e. The predicted octanol–water partition coefficient (Wildman–Crippen LogP) is 0.772. The fourth-order valence-corrected chi connectivity index (χ4v) is 9.09. The first-order valence-electron chi connectivity index (χ1n) is 9.48. The van der Waals surface area contributed by atoms with Crippen LogP contribution in [-0.4, -0.2) is 91.1 Å². The Bertz CT molecular complexity index is 1120. The molecule has 0 heterocycles. The highest BCUT2D eigenvalue weighted by Gasteiger charge is 2.46. The van der Waals surface area contributed by atoms with Gasteiger partial charge in [0.1, 0.15) is 0 Å². The second-order valence-electron chi connectivity index (χ2n) is 6.25. The summed E-state index contributed by atoms with van der Waals surface area (Å²) in [4.78, 5) is 71.5. The molecule has 0 aromatic heterocycles. The Hall–Kier alpha value is 0.960. The molecular formula is C6H24N2O28P8. The smallest absolute Gasteiger partial charge is 0.302 e. The van der Waals surface area contributed by atoms with Crippen molar-refractivity contribution in [3.05, 3.63) is 0 Å². The van der Waals surface area contributed by atoms with Gasteiger partial charge in [0.25, 0.3) is 0 Å². The van der Waals surface area contributed by atoms with Crippen LogP contribution in [0.3, 0.4) is 0 Å². The summed E-state index contributed by atoms with van der Waals surface area (Å²) in [6.07, 6.45) is 0. The molecule has 0 aliphatic carbocycles. The zero-order chi connectivity index (χ0) is 35.1. The van der Waals surface area contributed by atoms with Crippen LogP contribution in [0.2, 0.25) is 0 Å². The normalized spacial score (nSPS) is 19.3. The second-order valence-corrected chi connectivity index (χ2v) is 18.5. The molecule has 44 heavy (non-hydrogen) atoms.